The number of alkyl carbamates (subject to hydrolysis) is 2. The van der Waals surface area contributed by atoms with E-state index in [9.17, 15) is 19.2 Å². The minimum absolute atomic E-state index is 0.150. The molecular weight excluding hydrogens is 745 g/mol. The molecule has 6 rings (SSSR count). The van der Waals surface area contributed by atoms with Gasteiger partial charge in [-0.05, 0) is 47.1 Å². The molecule has 14 nitrogen and oxygen atoms in total. The number of amides is 4. The Hall–Kier alpha value is -6.48. The normalized spacial score (nSPS) is 11.5. The molecule has 0 saturated carbocycles. The predicted molar refractivity (Wildman–Crippen MR) is 219 cm³/mol. The molecule has 1 unspecified atom stereocenters. The Kier molecular flexibility index (Phi) is 13.3. The number of hydrogen-bond donors (Lipinski definition) is 4. The quantitative estimate of drug-likeness (QED) is 0.0792. The molecular formula is C42H46N8O6S. The Bertz CT molecular complexity index is 2300. The first-order valence-corrected chi connectivity index (χ1v) is 19.5. The lowest BCUT2D eigenvalue weighted by Crippen LogP contribution is -2.43. The highest BCUT2D eigenvalue weighted by Crippen LogP contribution is 2.36. The molecule has 15 heteroatoms. The van der Waals surface area contributed by atoms with Crippen LogP contribution in [-0.2, 0) is 32.2 Å². The third-order valence-electron chi connectivity index (χ3n) is 9.30. The lowest BCUT2D eigenvalue weighted by Gasteiger charge is -2.27. The molecule has 4 amide bonds. The van der Waals surface area contributed by atoms with Gasteiger partial charge in [0.2, 0.25) is 11.8 Å². The standard InChI is InChI=1S/C42H46N8O6S/c1-5-18-49(38(51)24-45-41(53)55-3)25-36-43-22-32(46-36)27-12-14-28(15-13-27)34-21-31-17-16-30(20-35(31)57-34)33-23-44-37(47-33)26-50(19-6-2)40(52)39(48-42(54)56-4)29-10-8-7-9-11-29/h7-17,20-23,39H,5-6,18-19,24-26H2,1-4H3,(H,43,46)(H,44,47)(H,45,53)(H,48,54). The minimum atomic E-state index is -0.903. The Morgan fingerprint density at radius 3 is 1.98 bits per heavy atom. The van der Waals surface area contributed by atoms with Gasteiger partial charge in [0, 0.05) is 28.2 Å². The topological polar surface area (TPSA) is 175 Å². The molecule has 1 atom stereocenters. The molecule has 3 aromatic carbocycles. The van der Waals surface area contributed by atoms with Gasteiger partial charge in [0.05, 0.1) is 51.1 Å². The van der Waals surface area contributed by atoms with Crippen molar-refractivity contribution in [2.75, 3.05) is 33.9 Å². The van der Waals surface area contributed by atoms with Gasteiger partial charge in [0.15, 0.2) is 0 Å². The molecule has 296 valence electrons. The second-order valence-corrected chi connectivity index (χ2v) is 14.4. The van der Waals surface area contributed by atoms with Crippen molar-refractivity contribution < 1.29 is 28.7 Å². The Morgan fingerprint density at radius 1 is 0.737 bits per heavy atom. The van der Waals surface area contributed by atoms with Gasteiger partial charge in [0.25, 0.3) is 0 Å². The highest BCUT2D eigenvalue weighted by molar-refractivity contribution is 7.22. The summed E-state index contributed by atoms with van der Waals surface area (Å²) in [4.78, 5) is 70.5. The molecule has 0 radical (unpaired) electrons. The van der Waals surface area contributed by atoms with Gasteiger partial charge in [-0.2, -0.15) is 0 Å². The molecule has 3 aromatic heterocycles. The number of rotatable bonds is 16. The summed E-state index contributed by atoms with van der Waals surface area (Å²) >= 11 is 1.70. The van der Waals surface area contributed by atoms with Crippen molar-refractivity contribution in [2.24, 2.45) is 0 Å². The third kappa shape index (κ3) is 10.0. The summed E-state index contributed by atoms with van der Waals surface area (Å²) in [5.74, 6) is 0.806. The Morgan fingerprint density at radius 2 is 1.33 bits per heavy atom. The fourth-order valence-corrected chi connectivity index (χ4v) is 7.53. The molecule has 0 bridgehead atoms. The van der Waals surface area contributed by atoms with E-state index < -0.39 is 18.2 Å². The van der Waals surface area contributed by atoms with Gasteiger partial charge in [-0.25, -0.2) is 19.6 Å². The summed E-state index contributed by atoms with van der Waals surface area (Å²) < 4.78 is 10.5. The number of benzene rings is 3. The van der Waals surface area contributed by atoms with Crippen LogP contribution >= 0.6 is 11.3 Å². The second kappa shape index (κ2) is 18.9. The molecule has 57 heavy (non-hydrogen) atoms. The van der Waals surface area contributed by atoms with Crippen LogP contribution in [0.15, 0.2) is 91.3 Å². The number of nitrogens with zero attached hydrogens (tertiary/aromatic N) is 4. The van der Waals surface area contributed by atoms with Crippen molar-refractivity contribution in [1.29, 1.82) is 0 Å². The lowest BCUT2D eigenvalue weighted by atomic mass is 10.1. The van der Waals surface area contributed by atoms with Gasteiger partial charge in [-0.15, -0.1) is 11.3 Å². The van der Waals surface area contributed by atoms with Crippen LogP contribution in [0.4, 0.5) is 9.59 Å². The number of nitrogens with one attached hydrogen (secondary N) is 4. The zero-order valence-corrected chi connectivity index (χ0v) is 33.2. The van der Waals surface area contributed by atoms with Gasteiger partial charge in [-0.3, -0.25) is 9.59 Å². The van der Waals surface area contributed by atoms with E-state index in [-0.39, 0.29) is 24.9 Å². The van der Waals surface area contributed by atoms with Crippen molar-refractivity contribution in [3.05, 3.63) is 108 Å². The molecule has 0 fully saturated rings. The van der Waals surface area contributed by atoms with Gasteiger partial charge in [-0.1, -0.05) is 80.6 Å². The smallest absolute Gasteiger partial charge is 0.407 e. The fourth-order valence-electron chi connectivity index (χ4n) is 6.42. The van der Waals surface area contributed by atoms with E-state index in [0.717, 1.165) is 55.9 Å². The van der Waals surface area contributed by atoms with Gasteiger partial charge < -0.3 is 39.9 Å². The summed E-state index contributed by atoms with van der Waals surface area (Å²) in [5.41, 5.74) is 5.35. The van der Waals surface area contributed by atoms with E-state index in [1.165, 1.54) is 14.2 Å². The maximum absolute atomic E-state index is 13.8. The Balaban J connectivity index is 1.12. The average molecular weight is 791 g/mol. The minimum Gasteiger partial charge on any atom is -0.453 e. The number of hydrogen-bond acceptors (Lipinski definition) is 9. The van der Waals surface area contributed by atoms with Crippen LogP contribution in [0.3, 0.4) is 0 Å². The summed E-state index contributed by atoms with van der Waals surface area (Å²) in [6.07, 6.45) is 3.70. The van der Waals surface area contributed by atoms with Crippen LogP contribution in [0, 0.1) is 0 Å². The number of thiophene rings is 1. The van der Waals surface area contributed by atoms with Gasteiger partial charge in [0.1, 0.15) is 24.2 Å². The molecule has 0 spiro atoms. The summed E-state index contributed by atoms with van der Waals surface area (Å²) in [6.45, 7) is 5.38. The number of aromatic nitrogens is 4. The van der Waals surface area contributed by atoms with Crippen molar-refractivity contribution >= 4 is 45.4 Å². The number of H-pyrrole nitrogens is 2. The lowest BCUT2D eigenvalue weighted by molar-refractivity contribution is -0.134. The van der Waals surface area contributed by atoms with E-state index in [4.69, 9.17) is 4.74 Å². The van der Waals surface area contributed by atoms with E-state index >= 15 is 0 Å². The third-order valence-corrected chi connectivity index (χ3v) is 10.4. The number of carbonyl (C=O) groups excluding carboxylic acids is 4. The molecule has 0 aliphatic heterocycles. The van der Waals surface area contributed by atoms with E-state index in [2.05, 4.69) is 71.7 Å². The zero-order chi connectivity index (χ0) is 40.3. The number of carbonyl (C=O) groups is 4. The first-order chi connectivity index (χ1) is 27.7. The number of fused-ring (bicyclic) bond motifs is 1. The molecule has 0 saturated heterocycles. The van der Waals surface area contributed by atoms with Gasteiger partial charge >= 0.3 is 12.2 Å². The van der Waals surface area contributed by atoms with E-state index in [1.807, 2.05) is 44.2 Å². The molecule has 4 N–H and O–H groups in total. The predicted octanol–water partition coefficient (Wildman–Crippen LogP) is 7.28. The van der Waals surface area contributed by atoms with Crippen molar-refractivity contribution in [2.45, 2.75) is 45.8 Å². The summed E-state index contributed by atoms with van der Waals surface area (Å²) in [6, 6.07) is 24.9. The summed E-state index contributed by atoms with van der Waals surface area (Å²) in [7, 11) is 2.53. The molecule has 6 aromatic rings. The van der Waals surface area contributed by atoms with Crippen molar-refractivity contribution in [3.8, 4) is 33.0 Å². The molecule has 0 aliphatic carbocycles. The van der Waals surface area contributed by atoms with Crippen molar-refractivity contribution in [3.63, 3.8) is 0 Å². The first kappa shape index (κ1) is 40.2. The van der Waals surface area contributed by atoms with Crippen LogP contribution in [0.1, 0.15) is 49.9 Å². The van der Waals surface area contributed by atoms with Crippen LogP contribution in [-0.4, -0.2) is 87.6 Å². The first-order valence-electron chi connectivity index (χ1n) is 18.7. The number of ether oxygens (including phenoxy) is 2. The largest absolute Gasteiger partial charge is 0.453 e. The van der Waals surface area contributed by atoms with Crippen molar-refractivity contribution in [1.82, 2.24) is 40.4 Å². The SMILES string of the molecule is CCCN(Cc1ncc(-c2ccc(-c3cc4ccc(-c5cnc(CN(CCC)C(=O)C(NC(=O)OC)c6ccccc6)[nH]5)cc4s3)cc2)[nH]1)C(=O)CNC(=O)OC. The van der Waals surface area contributed by atoms with Crippen LogP contribution in [0.25, 0.3) is 43.0 Å². The number of methoxy groups -OCH3 is 2. The van der Waals surface area contributed by atoms with Crippen LogP contribution in [0.5, 0.6) is 0 Å². The van der Waals surface area contributed by atoms with Crippen LogP contribution in [0.2, 0.25) is 0 Å². The van der Waals surface area contributed by atoms with E-state index in [0.29, 0.717) is 36.8 Å². The maximum Gasteiger partial charge on any atom is 0.407 e. The fraction of sp³-hybridized carbons (Fsp3) is 0.286. The zero-order valence-electron chi connectivity index (χ0n) is 32.3. The highest BCUT2D eigenvalue weighted by Gasteiger charge is 2.28. The average Bonchev–Trinajstić information content (AvgIpc) is 4.02. The maximum atomic E-state index is 13.8. The van der Waals surface area contributed by atoms with Crippen LogP contribution < -0.4 is 10.6 Å². The monoisotopic (exact) mass is 790 g/mol. The molecule has 3 heterocycles. The Labute approximate surface area is 334 Å². The number of imidazole rings is 2. The highest BCUT2D eigenvalue weighted by atomic mass is 32.1. The number of aromatic amines is 2. The molecule has 0 aliphatic rings. The second-order valence-electron chi connectivity index (χ2n) is 13.3. The summed E-state index contributed by atoms with van der Waals surface area (Å²) in [5, 5.41) is 6.26. The van der Waals surface area contributed by atoms with E-state index in [1.54, 1.807) is 45.7 Å².